The highest BCUT2D eigenvalue weighted by Gasteiger charge is 2.26. The van der Waals surface area contributed by atoms with Crippen LogP contribution in [0.3, 0.4) is 0 Å². The first-order chi connectivity index (χ1) is 6.74. The summed E-state index contributed by atoms with van der Waals surface area (Å²) in [4.78, 5) is 10.8. The highest BCUT2D eigenvalue weighted by atomic mass is 16.4. The fourth-order valence-corrected chi connectivity index (χ4v) is 1.95. The van der Waals surface area contributed by atoms with E-state index in [-0.39, 0.29) is 5.92 Å². The van der Waals surface area contributed by atoms with Crippen molar-refractivity contribution in [2.45, 2.75) is 38.1 Å². The molecule has 1 aliphatic carbocycles. The summed E-state index contributed by atoms with van der Waals surface area (Å²) < 4.78 is 0. The Hall–Kier alpha value is -1.01. The summed E-state index contributed by atoms with van der Waals surface area (Å²) in [6.45, 7) is 0.799. The van der Waals surface area contributed by atoms with Crippen molar-refractivity contribution < 1.29 is 9.90 Å². The molecule has 0 aliphatic heterocycles. The lowest BCUT2D eigenvalue weighted by Crippen LogP contribution is -2.36. The van der Waals surface area contributed by atoms with Crippen LogP contribution in [0.25, 0.3) is 0 Å². The predicted octanol–water partition coefficient (Wildman–Crippen LogP) is 1.24. The standard InChI is InChI=1S/C11H17NO2/c1-2-3-7-12-10-6-4-5-9(8-10)11(13)14/h1,9-10,12H,3-8H2,(H,13,14). The molecule has 1 fully saturated rings. The van der Waals surface area contributed by atoms with Gasteiger partial charge in [0.15, 0.2) is 0 Å². The van der Waals surface area contributed by atoms with Crippen molar-refractivity contribution >= 4 is 5.97 Å². The fourth-order valence-electron chi connectivity index (χ4n) is 1.95. The molecule has 0 aromatic carbocycles. The van der Waals surface area contributed by atoms with Crippen LogP contribution in [0.1, 0.15) is 32.1 Å². The zero-order valence-corrected chi connectivity index (χ0v) is 8.33. The second-order valence-corrected chi connectivity index (χ2v) is 3.81. The minimum atomic E-state index is -0.659. The van der Waals surface area contributed by atoms with Crippen molar-refractivity contribution in [3.8, 4) is 12.3 Å². The molecular weight excluding hydrogens is 178 g/mol. The van der Waals surface area contributed by atoms with Gasteiger partial charge in [-0.25, -0.2) is 0 Å². The number of carbonyl (C=O) groups is 1. The molecule has 0 aromatic rings. The van der Waals surface area contributed by atoms with Crippen molar-refractivity contribution in [2.24, 2.45) is 5.92 Å². The summed E-state index contributed by atoms with van der Waals surface area (Å²) in [6.07, 6.45) is 9.51. The van der Waals surface area contributed by atoms with Crippen LogP contribution in [0.2, 0.25) is 0 Å². The monoisotopic (exact) mass is 195 g/mol. The van der Waals surface area contributed by atoms with Crippen LogP contribution in [-0.4, -0.2) is 23.7 Å². The second-order valence-electron chi connectivity index (χ2n) is 3.81. The lowest BCUT2D eigenvalue weighted by molar-refractivity contribution is -0.143. The molecule has 3 heteroatoms. The number of carboxylic acids is 1. The zero-order valence-electron chi connectivity index (χ0n) is 8.33. The molecule has 14 heavy (non-hydrogen) atoms. The van der Waals surface area contributed by atoms with Crippen LogP contribution in [-0.2, 0) is 4.79 Å². The Morgan fingerprint density at radius 2 is 2.36 bits per heavy atom. The van der Waals surface area contributed by atoms with E-state index in [0.717, 1.165) is 32.2 Å². The van der Waals surface area contributed by atoms with Crippen LogP contribution in [0.15, 0.2) is 0 Å². The van der Waals surface area contributed by atoms with E-state index >= 15 is 0 Å². The van der Waals surface area contributed by atoms with E-state index in [0.29, 0.717) is 12.5 Å². The Kier molecular flexibility index (Phi) is 4.48. The molecule has 0 amide bonds. The van der Waals surface area contributed by atoms with Crippen molar-refractivity contribution in [1.29, 1.82) is 0 Å². The average molecular weight is 195 g/mol. The van der Waals surface area contributed by atoms with Gasteiger partial charge in [0.05, 0.1) is 5.92 Å². The van der Waals surface area contributed by atoms with Crippen LogP contribution >= 0.6 is 0 Å². The fraction of sp³-hybridized carbons (Fsp3) is 0.727. The second kappa shape index (κ2) is 5.66. The summed E-state index contributed by atoms with van der Waals surface area (Å²) in [5.41, 5.74) is 0. The molecule has 1 saturated carbocycles. The van der Waals surface area contributed by atoms with Crippen LogP contribution in [0.4, 0.5) is 0 Å². The molecule has 1 aliphatic rings. The summed E-state index contributed by atoms with van der Waals surface area (Å²) in [6, 6.07) is 0.346. The van der Waals surface area contributed by atoms with Gasteiger partial charge >= 0.3 is 5.97 Å². The molecule has 0 aromatic heterocycles. The Labute approximate surface area is 84.9 Å². The Morgan fingerprint density at radius 1 is 1.57 bits per heavy atom. The average Bonchev–Trinajstić information content (AvgIpc) is 2.19. The third-order valence-electron chi connectivity index (χ3n) is 2.73. The SMILES string of the molecule is C#CCCNC1CCCC(C(=O)O)C1. The first kappa shape index (κ1) is 11.1. The molecule has 2 atom stereocenters. The predicted molar refractivity (Wildman–Crippen MR) is 54.8 cm³/mol. The molecule has 0 bridgehead atoms. The first-order valence-electron chi connectivity index (χ1n) is 5.13. The highest BCUT2D eigenvalue weighted by molar-refractivity contribution is 5.70. The van der Waals surface area contributed by atoms with E-state index in [9.17, 15) is 4.79 Å². The minimum absolute atomic E-state index is 0.160. The summed E-state index contributed by atoms with van der Waals surface area (Å²) >= 11 is 0. The normalized spacial score (nSPS) is 26.8. The van der Waals surface area contributed by atoms with E-state index in [1.54, 1.807) is 0 Å². The maximum atomic E-state index is 10.8. The number of aliphatic carboxylic acids is 1. The van der Waals surface area contributed by atoms with Gasteiger partial charge in [-0.2, -0.15) is 0 Å². The van der Waals surface area contributed by atoms with E-state index < -0.39 is 5.97 Å². The molecule has 0 saturated heterocycles. The summed E-state index contributed by atoms with van der Waals surface area (Å²) in [7, 11) is 0. The minimum Gasteiger partial charge on any atom is -0.481 e. The molecule has 1 rings (SSSR count). The number of hydrogen-bond acceptors (Lipinski definition) is 2. The maximum absolute atomic E-state index is 10.8. The van der Waals surface area contributed by atoms with Gasteiger partial charge in [-0.1, -0.05) is 6.42 Å². The van der Waals surface area contributed by atoms with Gasteiger partial charge in [-0.05, 0) is 19.3 Å². The maximum Gasteiger partial charge on any atom is 0.306 e. The Balaban J connectivity index is 2.26. The molecule has 0 radical (unpaired) electrons. The van der Waals surface area contributed by atoms with Crippen molar-refractivity contribution in [3.05, 3.63) is 0 Å². The first-order valence-corrected chi connectivity index (χ1v) is 5.13. The molecule has 0 spiro atoms. The van der Waals surface area contributed by atoms with Crippen LogP contribution < -0.4 is 5.32 Å². The Morgan fingerprint density at radius 3 is 3.00 bits per heavy atom. The summed E-state index contributed by atoms with van der Waals surface area (Å²) in [5, 5.41) is 12.2. The van der Waals surface area contributed by atoms with E-state index in [1.165, 1.54) is 0 Å². The molecule has 3 nitrogen and oxygen atoms in total. The molecule has 0 heterocycles. The zero-order chi connectivity index (χ0) is 10.4. The molecule has 2 unspecified atom stereocenters. The molecule has 78 valence electrons. The van der Waals surface area contributed by atoms with Gasteiger partial charge in [0.1, 0.15) is 0 Å². The quantitative estimate of drug-likeness (QED) is 0.524. The van der Waals surface area contributed by atoms with Gasteiger partial charge in [-0.3, -0.25) is 4.79 Å². The summed E-state index contributed by atoms with van der Waals surface area (Å²) in [5.74, 6) is 1.74. The Bertz CT molecular complexity index is 232. The van der Waals surface area contributed by atoms with Gasteiger partial charge in [0.2, 0.25) is 0 Å². The molecule has 2 N–H and O–H groups in total. The highest BCUT2D eigenvalue weighted by Crippen LogP contribution is 2.24. The van der Waals surface area contributed by atoms with E-state index in [4.69, 9.17) is 11.5 Å². The van der Waals surface area contributed by atoms with Crippen LogP contribution in [0, 0.1) is 18.3 Å². The topological polar surface area (TPSA) is 49.3 Å². The van der Waals surface area contributed by atoms with E-state index in [1.807, 2.05) is 0 Å². The van der Waals surface area contributed by atoms with Gasteiger partial charge in [-0.15, -0.1) is 12.3 Å². The number of carboxylic acid groups (broad SMARTS) is 1. The molecular formula is C11H17NO2. The van der Waals surface area contributed by atoms with Gasteiger partial charge < -0.3 is 10.4 Å². The van der Waals surface area contributed by atoms with Crippen molar-refractivity contribution in [3.63, 3.8) is 0 Å². The lowest BCUT2D eigenvalue weighted by Gasteiger charge is -2.27. The van der Waals surface area contributed by atoms with Crippen LogP contribution in [0.5, 0.6) is 0 Å². The third-order valence-corrected chi connectivity index (χ3v) is 2.73. The van der Waals surface area contributed by atoms with E-state index in [2.05, 4.69) is 11.2 Å². The number of rotatable bonds is 4. The number of nitrogens with one attached hydrogen (secondary N) is 1. The van der Waals surface area contributed by atoms with Crippen molar-refractivity contribution in [2.75, 3.05) is 6.54 Å². The third kappa shape index (κ3) is 3.39. The smallest absolute Gasteiger partial charge is 0.306 e. The van der Waals surface area contributed by atoms with Gasteiger partial charge in [0, 0.05) is 19.0 Å². The number of terminal acetylenes is 1. The lowest BCUT2D eigenvalue weighted by atomic mass is 9.86. The van der Waals surface area contributed by atoms with Crippen molar-refractivity contribution in [1.82, 2.24) is 5.32 Å². The largest absolute Gasteiger partial charge is 0.481 e. The number of hydrogen-bond donors (Lipinski definition) is 2. The van der Waals surface area contributed by atoms with Gasteiger partial charge in [0.25, 0.3) is 0 Å².